The van der Waals surface area contributed by atoms with Crippen LogP contribution in [0.4, 0.5) is 0 Å². The number of amides is 2. The third kappa shape index (κ3) is 5.48. The summed E-state index contributed by atoms with van der Waals surface area (Å²) in [6, 6.07) is 7.31. The van der Waals surface area contributed by atoms with Gasteiger partial charge in [0, 0.05) is 12.4 Å². The van der Waals surface area contributed by atoms with Crippen LogP contribution in [0.15, 0.2) is 42.9 Å². The molecule has 1 saturated heterocycles. The highest BCUT2D eigenvalue weighted by atomic mass is 16.7. The number of nitrogens with zero attached hydrogens (tertiary/aromatic N) is 2. The fraction of sp³-hybridized carbons (Fsp3) is 0.600. The Kier molecular flexibility index (Phi) is 7.59. The minimum Gasteiger partial charge on any atom is -0.404 e. The van der Waals surface area contributed by atoms with E-state index in [9.17, 15) is 9.59 Å². The van der Waals surface area contributed by atoms with Gasteiger partial charge in [-0.3, -0.25) is 14.6 Å². The summed E-state index contributed by atoms with van der Waals surface area (Å²) in [5, 5.41) is 6.21. The minimum atomic E-state index is -0.529. The lowest BCUT2D eigenvalue weighted by atomic mass is 9.43. The van der Waals surface area contributed by atoms with Gasteiger partial charge < -0.3 is 19.9 Å². The van der Waals surface area contributed by atoms with Gasteiger partial charge in [-0.1, -0.05) is 57.5 Å². The van der Waals surface area contributed by atoms with E-state index in [0.29, 0.717) is 17.8 Å². The molecule has 3 aliphatic carbocycles. The predicted molar refractivity (Wildman–Crippen MR) is 150 cm³/mol. The quantitative estimate of drug-likeness (QED) is 0.463. The molecule has 0 radical (unpaired) electrons. The van der Waals surface area contributed by atoms with Gasteiger partial charge in [-0.05, 0) is 61.8 Å². The molecule has 2 bridgehead atoms. The van der Waals surface area contributed by atoms with Crippen LogP contribution in [0.1, 0.15) is 88.0 Å². The molecule has 2 heterocycles. The highest BCUT2D eigenvalue weighted by Gasteiger charge is 2.68. The van der Waals surface area contributed by atoms with Crippen LogP contribution in [0, 0.1) is 30.1 Å². The molecule has 2 N–H and O–H groups in total. The minimum absolute atomic E-state index is 0.0532. The second-order valence-corrected chi connectivity index (χ2v) is 12.9. The van der Waals surface area contributed by atoms with Crippen molar-refractivity contribution < 1.29 is 18.9 Å². The maximum atomic E-state index is 13.5. The number of nitrogens with one attached hydrogen (secondary N) is 2. The van der Waals surface area contributed by atoms with Crippen molar-refractivity contribution in [1.29, 1.82) is 0 Å². The number of hydrogen-bond acceptors (Lipinski definition) is 6. The summed E-state index contributed by atoms with van der Waals surface area (Å²) in [4.78, 5) is 34.6. The van der Waals surface area contributed by atoms with E-state index in [1.165, 1.54) is 25.0 Å². The second-order valence-electron chi connectivity index (χ2n) is 12.9. The summed E-state index contributed by atoms with van der Waals surface area (Å²) < 4.78 is 13.2. The lowest BCUT2D eigenvalue weighted by Gasteiger charge is -2.64. The van der Waals surface area contributed by atoms with Crippen molar-refractivity contribution in [1.82, 2.24) is 20.6 Å². The zero-order valence-corrected chi connectivity index (χ0v) is 23.9. The van der Waals surface area contributed by atoms with Crippen molar-refractivity contribution in [2.45, 2.75) is 90.9 Å². The number of aryl methyl sites for hydroxylation is 1. The highest BCUT2D eigenvalue weighted by Crippen LogP contribution is 2.65. The van der Waals surface area contributed by atoms with Gasteiger partial charge in [-0.2, -0.15) is 0 Å². The Hall–Kier alpha value is -2.78. The summed E-state index contributed by atoms with van der Waals surface area (Å²) in [6.45, 7) is 13.2. The van der Waals surface area contributed by atoms with Crippen molar-refractivity contribution >= 4 is 18.9 Å². The Bertz CT molecular complexity index is 1190. The molecule has 4 fully saturated rings. The third-order valence-electron chi connectivity index (χ3n) is 9.34. The van der Waals surface area contributed by atoms with Crippen LogP contribution in [-0.2, 0) is 14.1 Å². The molecule has 1 aromatic heterocycles. The van der Waals surface area contributed by atoms with Crippen molar-refractivity contribution in [3.05, 3.63) is 59.7 Å². The zero-order valence-electron chi connectivity index (χ0n) is 23.9. The predicted octanol–water partition coefficient (Wildman–Crippen LogP) is 4.44. The molecule has 0 spiro atoms. The van der Waals surface area contributed by atoms with Crippen LogP contribution in [0.2, 0.25) is 0 Å². The van der Waals surface area contributed by atoms with Crippen LogP contribution < -0.4 is 10.6 Å². The molecule has 6 rings (SSSR count). The van der Waals surface area contributed by atoms with E-state index in [-0.39, 0.29) is 47.0 Å². The van der Waals surface area contributed by atoms with Gasteiger partial charge in [0.15, 0.2) is 0 Å². The first-order valence-corrected chi connectivity index (χ1v) is 14.2. The highest BCUT2D eigenvalue weighted by molar-refractivity contribution is 6.47. The molecule has 9 heteroatoms. The molecule has 2 aromatic rings. The Morgan fingerprint density at radius 2 is 1.85 bits per heavy atom. The second kappa shape index (κ2) is 10.7. The molecule has 39 heavy (non-hydrogen) atoms. The van der Waals surface area contributed by atoms with Crippen LogP contribution in [0.25, 0.3) is 0 Å². The van der Waals surface area contributed by atoms with Gasteiger partial charge in [-0.15, -0.1) is 0 Å². The van der Waals surface area contributed by atoms with Gasteiger partial charge in [-0.25, -0.2) is 4.98 Å². The Balaban J connectivity index is 1.30. The summed E-state index contributed by atoms with van der Waals surface area (Å²) in [7, 11) is -0.492. The van der Waals surface area contributed by atoms with Crippen molar-refractivity contribution in [2.24, 2.45) is 23.2 Å². The zero-order chi connectivity index (χ0) is 27.9. The van der Waals surface area contributed by atoms with Crippen LogP contribution in [0.5, 0.6) is 0 Å². The maximum Gasteiger partial charge on any atom is 0.481 e. The first-order chi connectivity index (χ1) is 18.5. The summed E-state index contributed by atoms with van der Waals surface area (Å²) in [6.07, 6.45) is 7.46. The van der Waals surface area contributed by atoms with Crippen molar-refractivity contribution in [3.8, 4) is 0 Å². The molecule has 4 aliphatic rings. The first kappa shape index (κ1) is 27.8. The van der Waals surface area contributed by atoms with E-state index < -0.39 is 13.2 Å². The fourth-order valence-corrected chi connectivity index (χ4v) is 6.97. The molecule has 6 atom stereocenters. The molecule has 1 aromatic carbocycles. The Morgan fingerprint density at radius 1 is 1.10 bits per heavy atom. The van der Waals surface area contributed by atoms with Crippen LogP contribution in [-0.4, -0.2) is 46.5 Å². The van der Waals surface area contributed by atoms with E-state index >= 15 is 0 Å². The molecule has 1 aliphatic heterocycles. The topological polar surface area (TPSA) is 102 Å². The maximum absolute atomic E-state index is 13.5. The molecular formula is C30H41BN4O4. The van der Waals surface area contributed by atoms with E-state index in [0.717, 1.165) is 24.0 Å². The van der Waals surface area contributed by atoms with Crippen LogP contribution >= 0.6 is 0 Å². The molecule has 8 nitrogen and oxygen atoms in total. The third-order valence-corrected chi connectivity index (χ3v) is 9.34. The SMILES string of the molecule is Cc1ccc(C(CC(=O)N[C@@H](CC(C)C)B2O[C@@H]3C[C@H]4C[C@H](C4(C)C)[C@]3(C)O2)NC(=O)c2cnccn2)cc1. The largest absolute Gasteiger partial charge is 0.481 e. The smallest absolute Gasteiger partial charge is 0.404 e. The Morgan fingerprint density at radius 3 is 2.49 bits per heavy atom. The van der Waals surface area contributed by atoms with Gasteiger partial charge in [0.05, 0.1) is 36.3 Å². The van der Waals surface area contributed by atoms with E-state index in [4.69, 9.17) is 9.31 Å². The fourth-order valence-electron chi connectivity index (χ4n) is 6.97. The van der Waals surface area contributed by atoms with Crippen LogP contribution in [0.3, 0.4) is 0 Å². The molecule has 208 valence electrons. The van der Waals surface area contributed by atoms with Gasteiger partial charge in [0.1, 0.15) is 5.69 Å². The van der Waals surface area contributed by atoms with Crippen molar-refractivity contribution in [3.63, 3.8) is 0 Å². The normalized spacial score (nSPS) is 28.3. The summed E-state index contributed by atoms with van der Waals surface area (Å²) in [5.41, 5.74) is 2.08. The number of hydrogen-bond donors (Lipinski definition) is 2. The molecule has 2 amide bonds. The number of aromatic nitrogens is 2. The summed E-state index contributed by atoms with van der Waals surface area (Å²) >= 11 is 0. The first-order valence-electron chi connectivity index (χ1n) is 14.2. The summed E-state index contributed by atoms with van der Waals surface area (Å²) in [5.74, 6) is 0.635. The number of carbonyl (C=O) groups is 2. The van der Waals surface area contributed by atoms with E-state index in [2.05, 4.69) is 55.2 Å². The molecule has 1 unspecified atom stereocenters. The Labute approximate surface area is 232 Å². The van der Waals surface area contributed by atoms with Gasteiger partial charge >= 0.3 is 7.12 Å². The van der Waals surface area contributed by atoms with E-state index in [1.54, 1.807) is 0 Å². The average Bonchev–Trinajstić information content (AvgIpc) is 3.26. The molecule has 3 saturated carbocycles. The van der Waals surface area contributed by atoms with Crippen molar-refractivity contribution in [2.75, 3.05) is 0 Å². The van der Waals surface area contributed by atoms with E-state index in [1.807, 2.05) is 31.2 Å². The van der Waals surface area contributed by atoms with Gasteiger partial charge in [0.2, 0.25) is 5.91 Å². The standard InChI is InChI=1S/C30H41BN4O4/c1-18(2)13-26(31-38-25-15-21-14-24(29(21,4)5)30(25,6)39-31)35-27(36)16-22(20-9-7-19(3)8-10-20)34-28(37)23-17-32-11-12-33-23/h7-12,17-18,21-22,24-26H,13-16H2,1-6H3,(H,34,37)(H,35,36)/t21-,22?,24-,25-,26+,30+/m1/s1. The molecular weight excluding hydrogens is 491 g/mol. The van der Waals surface area contributed by atoms with Gasteiger partial charge in [0.25, 0.3) is 5.91 Å². The number of rotatable bonds is 9. The lowest BCUT2D eigenvalue weighted by molar-refractivity contribution is -0.199. The number of carbonyl (C=O) groups excluding carboxylic acids is 2. The lowest BCUT2D eigenvalue weighted by Crippen LogP contribution is -2.65. The monoisotopic (exact) mass is 532 g/mol. The number of benzene rings is 1. The average molecular weight is 532 g/mol.